The second-order valence-corrected chi connectivity index (χ2v) is 7.66. The van der Waals surface area contributed by atoms with Gasteiger partial charge >= 0.3 is 0 Å². The first-order valence-electron chi connectivity index (χ1n) is 8.59. The van der Waals surface area contributed by atoms with E-state index in [1.54, 1.807) is 0 Å². The second kappa shape index (κ2) is 6.41. The van der Waals surface area contributed by atoms with Crippen molar-refractivity contribution in [1.29, 1.82) is 0 Å². The number of hydrogen-bond donors (Lipinski definition) is 1. The fraction of sp³-hybridized carbons (Fsp3) is 0.824. The Morgan fingerprint density at radius 3 is 2.71 bits per heavy atom. The molecule has 0 radical (unpaired) electrons. The summed E-state index contributed by atoms with van der Waals surface area (Å²) in [5, 5.41) is 8.44. The highest BCUT2D eigenvalue weighted by atomic mass is 79.9. The molecule has 2 fully saturated rings. The Bertz CT molecular complexity index is 496. The summed E-state index contributed by atoms with van der Waals surface area (Å²) in [4.78, 5) is 0. The van der Waals surface area contributed by atoms with Gasteiger partial charge in [0.1, 0.15) is 0 Å². The molecule has 0 aliphatic heterocycles. The molecule has 118 valence electrons. The fourth-order valence-electron chi connectivity index (χ4n) is 4.70. The van der Waals surface area contributed by atoms with Crippen LogP contribution in [0.1, 0.15) is 50.9 Å². The van der Waals surface area contributed by atoms with Crippen LogP contribution in [0.5, 0.6) is 0 Å². The number of hydrogen-bond acceptors (Lipinski definition) is 2. The van der Waals surface area contributed by atoms with Crippen LogP contribution in [0, 0.1) is 24.7 Å². The first-order valence-corrected chi connectivity index (χ1v) is 9.38. The van der Waals surface area contributed by atoms with Gasteiger partial charge < -0.3 is 5.32 Å². The van der Waals surface area contributed by atoms with Crippen molar-refractivity contribution in [2.24, 2.45) is 17.8 Å². The van der Waals surface area contributed by atoms with Crippen molar-refractivity contribution in [3.8, 4) is 0 Å². The molecule has 1 heterocycles. The molecule has 4 atom stereocenters. The van der Waals surface area contributed by atoms with E-state index in [1.165, 1.54) is 35.8 Å². The van der Waals surface area contributed by atoms with Crippen LogP contribution in [0.25, 0.3) is 0 Å². The molecule has 0 amide bonds. The lowest BCUT2D eigenvalue weighted by Crippen LogP contribution is -2.40. The zero-order valence-electron chi connectivity index (χ0n) is 13.5. The van der Waals surface area contributed by atoms with Crippen LogP contribution in [0.2, 0.25) is 0 Å². The van der Waals surface area contributed by atoms with E-state index < -0.39 is 0 Å². The van der Waals surface area contributed by atoms with Gasteiger partial charge in [0, 0.05) is 19.0 Å². The van der Waals surface area contributed by atoms with E-state index in [1.807, 2.05) is 0 Å². The molecule has 2 aliphatic rings. The number of aryl methyl sites for hydroxylation is 2. The van der Waals surface area contributed by atoms with E-state index in [4.69, 9.17) is 0 Å². The standard InChI is InChI=1S/C17H28BrN3/c1-4-19-15(14-9-12-6-7-13(14)8-12)10-16-17(18)11(3)20-21(16)5-2/h12-15,19H,4-10H2,1-3H3. The summed E-state index contributed by atoms with van der Waals surface area (Å²) < 4.78 is 3.40. The molecular formula is C17H28BrN3. The minimum absolute atomic E-state index is 0.614. The summed E-state index contributed by atoms with van der Waals surface area (Å²) in [6.07, 6.45) is 6.98. The summed E-state index contributed by atoms with van der Waals surface area (Å²) in [6.45, 7) is 8.53. The first kappa shape index (κ1) is 15.5. The van der Waals surface area contributed by atoms with Gasteiger partial charge in [-0.2, -0.15) is 5.10 Å². The molecule has 2 aliphatic carbocycles. The number of likely N-dealkylation sites (N-methyl/N-ethyl adjacent to an activating group) is 1. The van der Waals surface area contributed by atoms with Gasteiger partial charge in [0.2, 0.25) is 0 Å². The number of nitrogens with zero attached hydrogens (tertiary/aromatic N) is 2. The van der Waals surface area contributed by atoms with Crippen molar-refractivity contribution in [2.45, 2.75) is 65.5 Å². The maximum absolute atomic E-state index is 4.66. The average molecular weight is 354 g/mol. The molecule has 0 spiro atoms. The Hall–Kier alpha value is -0.350. The van der Waals surface area contributed by atoms with Crippen LogP contribution < -0.4 is 5.32 Å². The van der Waals surface area contributed by atoms with E-state index in [0.717, 1.165) is 43.0 Å². The molecule has 0 aromatic carbocycles. The number of halogens is 1. The van der Waals surface area contributed by atoms with Crippen molar-refractivity contribution in [2.75, 3.05) is 6.54 Å². The minimum Gasteiger partial charge on any atom is -0.314 e. The lowest BCUT2D eigenvalue weighted by atomic mass is 9.81. The third kappa shape index (κ3) is 2.94. The maximum atomic E-state index is 4.66. The fourth-order valence-corrected chi connectivity index (χ4v) is 5.14. The predicted molar refractivity (Wildman–Crippen MR) is 90.4 cm³/mol. The molecule has 4 unspecified atom stereocenters. The average Bonchev–Trinajstić information content (AvgIpc) is 3.16. The van der Waals surface area contributed by atoms with E-state index >= 15 is 0 Å². The third-order valence-electron chi connectivity index (χ3n) is 5.64. The highest BCUT2D eigenvalue weighted by Gasteiger charge is 2.43. The Labute approximate surface area is 137 Å². The van der Waals surface area contributed by atoms with Gasteiger partial charge in [0.15, 0.2) is 0 Å². The van der Waals surface area contributed by atoms with E-state index in [0.29, 0.717) is 6.04 Å². The van der Waals surface area contributed by atoms with Gasteiger partial charge in [-0.1, -0.05) is 13.3 Å². The van der Waals surface area contributed by atoms with Gasteiger partial charge in [-0.25, -0.2) is 0 Å². The Morgan fingerprint density at radius 2 is 2.14 bits per heavy atom. The first-order chi connectivity index (χ1) is 10.1. The lowest BCUT2D eigenvalue weighted by molar-refractivity contribution is 0.246. The largest absolute Gasteiger partial charge is 0.314 e. The van der Waals surface area contributed by atoms with Crippen molar-refractivity contribution < 1.29 is 0 Å². The Kier molecular flexibility index (Phi) is 4.75. The van der Waals surface area contributed by atoms with Gasteiger partial charge in [0.05, 0.1) is 15.9 Å². The van der Waals surface area contributed by atoms with Crippen LogP contribution in [-0.2, 0) is 13.0 Å². The molecule has 1 N–H and O–H groups in total. The SMILES string of the molecule is CCNC(Cc1c(Br)c(C)nn1CC)C1CC2CCC1C2. The highest BCUT2D eigenvalue weighted by Crippen LogP contribution is 2.50. The molecule has 1 aromatic heterocycles. The third-order valence-corrected chi connectivity index (χ3v) is 6.67. The Balaban J connectivity index is 1.79. The molecule has 1 aromatic rings. The van der Waals surface area contributed by atoms with Crippen molar-refractivity contribution >= 4 is 15.9 Å². The number of nitrogens with one attached hydrogen (secondary N) is 1. The van der Waals surface area contributed by atoms with Gasteiger partial charge in [-0.15, -0.1) is 0 Å². The van der Waals surface area contributed by atoms with Crippen LogP contribution in [0.3, 0.4) is 0 Å². The summed E-state index contributed by atoms with van der Waals surface area (Å²) in [7, 11) is 0. The maximum Gasteiger partial charge on any atom is 0.0738 e. The molecule has 3 rings (SSSR count). The molecule has 2 bridgehead atoms. The second-order valence-electron chi connectivity index (χ2n) is 6.87. The van der Waals surface area contributed by atoms with Crippen molar-refractivity contribution in [3.63, 3.8) is 0 Å². The summed E-state index contributed by atoms with van der Waals surface area (Å²) in [6, 6.07) is 0.614. The zero-order valence-corrected chi connectivity index (χ0v) is 15.1. The van der Waals surface area contributed by atoms with Crippen molar-refractivity contribution in [3.05, 3.63) is 15.9 Å². The summed E-state index contributed by atoms with van der Waals surface area (Å²) >= 11 is 3.76. The number of rotatable bonds is 6. The van der Waals surface area contributed by atoms with Gasteiger partial charge in [-0.3, -0.25) is 4.68 Å². The molecule has 4 heteroatoms. The molecule has 21 heavy (non-hydrogen) atoms. The highest BCUT2D eigenvalue weighted by molar-refractivity contribution is 9.10. The van der Waals surface area contributed by atoms with Crippen LogP contribution in [0.15, 0.2) is 4.47 Å². The molecule has 0 saturated heterocycles. The van der Waals surface area contributed by atoms with Crippen LogP contribution in [0.4, 0.5) is 0 Å². The molecular weight excluding hydrogens is 326 g/mol. The van der Waals surface area contributed by atoms with Crippen molar-refractivity contribution in [1.82, 2.24) is 15.1 Å². The van der Waals surface area contributed by atoms with E-state index in [2.05, 4.69) is 51.8 Å². The van der Waals surface area contributed by atoms with Crippen LogP contribution >= 0.6 is 15.9 Å². The van der Waals surface area contributed by atoms with Crippen LogP contribution in [-0.4, -0.2) is 22.4 Å². The lowest BCUT2D eigenvalue weighted by Gasteiger charge is -2.31. The minimum atomic E-state index is 0.614. The van der Waals surface area contributed by atoms with E-state index in [-0.39, 0.29) is 0 Å². The Morgan fingerprint density at radius 1 is 1.33 bits per heavy atom. The zero-order chi connectivity index (χ0) is 15.0. The topological polar surface area (TPSA) is 29.9 Å². The quantitative estimate of drug-likeness (QED) is 0.839. The summed E-state index contributed by atoms with van der Waals surface area (Å²) in [5.41, 5.74) is 2.50. The molecule has 3 nitrogen and oxygen atoms in total. The number of aromatic nitrogens is 2. The van der Waals surface area contributed by atoms with Gasteiger partial charge in [-0.05, 0) is 73.3 Å². The van der Waals surface area contributed by atoms with Gasteiger partial charge in [0.25, 0.3) is 0 Å². The van der Waals surface area contributed by atoms with E-state index in [9.17, 15) is 0 Å². The predicted octanol–water partition coefficient (Wildman–Crippen LogP) is 3.93. The molecule has 2 saturated carbocycles. The smallest absolute Gasteiger partial charge is 0.0738 e. The monoisotopic (exact) mass is 353 g/mol. The number of fused-ring (bicyclic) bond motifs is 2. The normalized spacial score (nSPS) is 29.2. The summed E-state index contributed by atoms with van der Waals surface area (Å²) in [5.74, 6) is 2.86.